The quantitative estimate of drug-likeness (QED) is 0.673. The summed E-state index contributed by atoms with van der Waals surface area (Å²) in [7, 11) is -0.911. The van der Waals surface area contributed by atoms with Gasteiger partial charge in [0.25, 0.3) is 0 Å². The molecule has 0 aromatic heterocycles. The summed E-state index contributed by atoms with van der Waals surface area (Å²) in [6.07, 6.45) is -2.10. The van der Waals surface area contributed by atoms with Crippen molar-refractivity contribution in [3.8, 4) is 0 Å². The molecule has 2 nitrogen and oxygen atoms in total. The predicted octanol–water partition coefficient (Wildman–Crippen LogP) is 0.907. The van der Waals surface area contributed by atoms with E-state index in [1.165, 1.54) is 6.26 Å². The van der Waals surface area contributed by atoms with E-state index < -0.39 is 23.5 Å². The molecule has 0 aliphatic carbocycles. The Morgan fingerprint density at radius 3 is 2.42 bits per heavy atom. The number of alkyl halides is 3. The Labute approximate surface area is 72.0 Å². The highest BCUT2D eigenvalue weighted by molar-refractivity contribution is 7.84. The van der Waals surface area contributed by atoms with Gasteiger partial charge in [0.1, 0.15) is 0 Å². The highest BCUT2D eigenvalue weighted by atomic mass is 32.2. The number of hydrogen-bond donors (Lipinski definition) is 1. The SMILES string of the molecule is CS(=O)CCCNCC(F)(F)F. The third-order valence-corrected chi connectivity index (χ3v) is 1.97. The number of hydrogen-bond acceptors (Lipinski definition) is 2. The average Bonchev–Trinajstić information content (AvgIpc) is 1.83. The molecule has 0 heterocycles. The molecular formula is C6H12F3NOS. The van der Waals surface area contributed by atoms with Gasteiger partial charge in [0, 0.05) is 22.8 Å². The van der Waals surface area contributed by atoms with E-state index in [-0.39, 0.29) is 6.54 Å². The Morgan fingerprint density at radius 2 is 2.00 bits per heavy atom. The second kappa shape index (κ2) is 5.53. The van der Waals surface area contributed by atoms with Crippen LogP contribution in [0.15, 0.2) is 0 Å². The van der Waals surface area contributed by atoms with Crippen LogP contribution in [0.4, 0.5) is 13.2 Å². The lowest BCUT2D eigenvalue weighted by Gasteiger charge is -2.06. The van der Waals surface area contributed by atoms with Gasteiger partial charge in [-0.3, -0.25) is 4.21 Å². The maximum Gasteiger partial charge on any atom is 0.401 e. The van der Waals surface area contributed by atoms with Crippen LogP contribution in [-0.2, 0) is 10.8 Å². The summed E-state index contributed by atoms with van der Waals surface area (Å²) in [6.45, 7) is -0.706. The van der Waals surface area contributed by atoms with E-state index in [1.807, 2.05) is 0 Å². The summed E-state index contributed by atoms with van der Waals surface area (Å²) < 4.78 is 45.0. The fraction of sp³-hybridized carbons (Fsp3) is 1.00. The van der Waals surface area contributed by atoms with Crippen LogP contribution in [0, 0.1) is 0 Å². The molecule has 0 bridgehead atoms. The summed E-state index contributed by atoms with van der Waals surface area (Å²) in [5.74, 6) is 0.449. The lowest BCUT2D eigenvalue weighted by molar-refractivity contribution is -0.124. The number of nitrogens with one attached hydrogen (secondary N) is 1. The summed E-state index contributed by atoms with van der Waals surface area (Å²) in [6, 6.07) is 0. The summed E-state index contributed by atoms with van der Waals surface area (Å²) >= 11 is 0. The summed E-state index contributed by atoms with van der Waals surface area (Å²) in [4.78, 5) is 0. The molecule has 1 N–H and O–H groups in total. The van der Waals surface area contributed by atoms with Crippen molar-refractivity contribution in [1.82, 2.24) is 5.32 Å². The van der Waals surface area contributed by atoms with Crippen LogP contribution >= 0.6 is 0 Å². The minimum absolute atomic E-state index is 0.263. The first-order valence-electron chi connectivity index (χ1n) is 3.49. The smallest absolute Gasteiger partial charge is 0.309 e. The molecule has 0 saturated carbocycles. The van der Waals surface area contributed by atoms with Crippen LogP contribution in [0.3, 0.4) is 0 Å². The zero-order valence-corrected chi connectivity index (χ0v) is 7.60. The van der Waals surface area contributed by atoms with Crippen LogP contribution < -0.4 is 5.32 Å². The summed E-state index contributed by atoms with van der Waals surface area (Å²) in [5.41, 5.74) is 0. The van der Waals surface area contributed by atoms with Crippen molar-refractivity contribution in [3.63, 3.8) is 0 Å². The molecule has 12 heavy (non-hydrogen) atoms. The first-order chi connectivity index (χ1) is 5.42. The van der Waals surface area contributed by atoms with Gasteiger partial charge in [0.15, 0.2) is 0 Å². The fourth-order valence-corrected chi connectivity index (χ4v) is 1.18. The lowest BCUT2D eigenvalue weighted by atomic mass is 10.4. The highest BCUT2D eigenvalue weighted by Gasteiger charge is 2.25. The zero-order chi connectivity index (χ0) is 9.61. The Bertz CT molecular complexity index is 148. The molecule has 0 saturated heterocycles. The molecule has 1 atom stereocenters. The van der Waals surface area contributed by atoms with Crippen molar-refractivity contribution in [2.24, 2.45) is 0 Å². The number of halogens is 3. The third-order valence-electron chi connectivity index (χ3n) is 1.11. The molecule has 0 aliphatic heterocycles. The molecule has 6 heteroatoms. The molecule has 0 radical (unpaired) electrons. The van der Waals surface area contributed by atoms with Crippen LogP contribution in [0.1, 0.15) is 6.42 Å². The average molecular weight is 203 g/mol. The normalized spacial score (nSPS) is 14.7. The molecule has 0 rings (SSSR count). The van der Waals surface area contributed by atoms with Gasteiger partial charge in [-0.15, -0.1) is 0 Å². The van der Waals surface area contributed by atoms with Gasteiger partial charge in [0.05, 0.1) is 6.54 Å². The van der Waals surface area contributed by atoms with Crippen molar-refractivity contribution in [2.75, 3.05) is 25.1 Å². The van der Waals surface area contributed by atoms with E-state index in [1.54, 1.807) is 0 Å². The van der Waals surface area contributed by atoms with Gasteiger partial charge in [-0.25, -0.2) is 0 Å². The van der Waals surface area contributed by atoms with Crippen LogP contribution in [0.2, 0.25) is 0 Å². The van der Waals surface area contributed by atoms with Crippen LogP contribution in [0.25, 0.3) is 0 Å². The first-order valence-corrected chi connectivity index (χ1v) is 5.22. The number of rotatable bonds is 5. The van der Waals surface area contributed by atoms with Gasteiger partial charge in [0.2, 0.25) is 0 Å². The molecule has 0 amide bonds. The van der Waals surface area contributed by atoms with E-state index in [4.69, 9.17) is 0 Å². The highest BCUT2D eigenvalue weighted by Crippen LogP contribution is 2.11. The van der Waals surface area contributed by atoms with E-state index in [9.17, 15) is 17.4 Å². The maximum absolute atomic E-state index is 11.5. The topological polar surface area (TPSA) is 29.1 Å². The Kier molecular flexibility index (Phi) is 5.48. The van der Waals surface area contributed by atoms with E-state index in [2.05, 4.69) is 5.32 Å². The molecular weight excluding hydrogens is 191 g/mol. The van der Waals surface area contributed by atoms with E-state index in [0.717, 1.165) is 0 Å². The minimum atomic E-state index is -4.15. The van der Waals surface area contributed by atoms with E-state index in [0.29, 0.717) is 12.2 Å². The lowest BCUT2D eigenvalue weighted by Crippen LogP contribution is -2.29. The summed E-state index contributed by atoms with van der Waals surface area (Å²) in [5, 5.41) is 2.22. The first kappa shape index (κ1) is 11.9. The molecule has 74 valence electrons. The maximum atomic E-state index is 11.5. The zero-order valence-electron chi connectivity index (χ0n) is 6.78. The van der Waals surface area contributed by atoms with Crippen LogP contribution in [0.5, 0.6) is 0 Å². The third kappa shape index (κ3) is 9.90. The minimum Gasteiger partial charge on any atom is -0.309 e. The van der Waals surface area contributed by atoms with E-state index >= 15 is 0 Å². The van der Waals surface area contributed by atoms with Crippen molar-refractivity contribution >= 4 is 10.8 Å². The standard InChI is InChI=1S/C6H12F3NOS/c1-12(11)4-2-3-10-5-6(7,8)9/h10H,2-5H2,1H3. The van der Waals surface area contributed by atoms with Gasteiger partial charge in [-0.05, 0) is 13.0 Å². The van der Waals surface area contributed by atoms with Crippen molar-refractivity contribution in [2.45, 2.75) is 12.6 Å². The second-order valence-electron chi connectivity index (χ2n) is 2.42. The monoisotopic (exact) mass is 203 g/mol. The van der Waals surface area contributed by atoms with Crippen molar-refractivity contribution in [3.05, 3.63) is 0 Å². The molecule has 0 fully saturated rings. The van der Waals surface area contributed by atoms with Gasteiger partial charge < -0.3 is 5.32 Å². The largest absolute Gasteiger partial charge is 0.401 e. The van der Waals surface area contributed by atoms with Crippen molar-refractivity contribution < 1.29 is 17.4 Å². The molecule has 1 unspecified atom stereocenters. The van der Waals surface area contributed by atoms with Crippen molar-refractivity contribution in [1.29, 1.82) is 0 Å². The molecule has 0 aliphatic rings. The fourth-order valence-electron chi connectivity index (χ4n) is 0.631. The van der Waals surface area contributed by atoms with Gasteiger partial charge in [-0.1, -0.05) is 0 Å². The van der Waals surface area contributed by atoms with Gasteiger partial charge in [-0.2, -0.15) is 13.2 Å². The van der Waals surface area contributed by atoms with Gasteiger partial charge >= 0.3 is 6.18 Å². The Morgan fingerprint density at radius 1 is 1.42 bits per heavy atom. The predicted molar refractivity (Wildman–Crippen MR) is 42.5 cm³/mol. The Hall–Kier alpha value is -0.100. The molecule has 0 aromatic carbocycles. The molecule has 0 aromatic rings. The molecule has 0 spiro atoms. The Balaban J connectivity index is 3.17. The second-order valence-corrected chi connectivity index (χ2v) is 3.98. The van der Waals surface area contributed by atoms with Crippen LogP contribution in [-0.4, -0.2) is 35.5 Å².